The number of allylic oxidation sites excluding steroid dienone is 2. The normalized spacial score (nSPS) is 17.9. The average molecular weight is 410 g/mol. The summed E-state index contributed by atoms with van der Waals surface area (Å²) in [4.78, 5) is 43.6. The van der Waals surface area contributed by atoms with Gasteiger partial charge >= 0.3 is 0 Å². The Morgan fingerprint density at radius 3 is 2.72 bits per heavy atom. The molecule has 2 aromatic rings. The predicted molar refractivity (Wildman–Crippen MR) is 110 cm³/mol. The molecule has 8 nitrogen and oxygen atoms in total. The molecule has 0 fully saturated rings. The van der Waals surface area contributed by atoms with Gasteiger partial charge in [-0.2, -0.15) is 0 Å². The number of aromatic amines is 1. The molecule has 2 aliphatic rings. The Kier molecular flexibility index (Phi) is 5.06. The van der Waals surface area contributed by atoms with Crippen LogP contribution in [0.15, 0.2) is 58.1 Å². The fourth-order valence-electron chi connectivity index (χ4n) is 3.77. The van der Waals surface area contributed by atoms with Crippen molar-refractivity contribution in [2.24, 2.45) is 0 Å². The minimum atomic E-state index is -0.607. The number of benzene rings is 1. The Hall–Kier alpha value is -3.20. The van der Waals surface area contributed by atoms with Crippen molar-refractivity contribution in [2.45, 2.75) is 30.3 Å². The second-order valence-electron chi connectivity index (χ2n) is 6.81. The fraction of sp³-hybridized carbons (Fsp3) is 0.250. The molecule has 0 unspecified atom stereocenters. The van der Waals surface area contributed by atoms with Gasteiger partial charge in [-0.15, -0.1) is 6.58 Å². The van der Waals surface area contributed by atoms with Crippen LogP contribution in [-0.2, 0) is 4.79 Å². The van der Waals surface area contributed by atoms with Crippen LogP contribution in [-0.4, -0.2) is 26.4 Å². The van der Waals surface area contributed by atoms with Gasteiger partial charge in [0.1, 0.15) is 5.82 Å². The van der Waals surface area contributed by atoms with E-state index < -0.39 is 10.8 Å². The maximum Gasteiger partial charge on any atom is 0.269 e. The molecule has 0 saturated carbocycles. The maximum absolute atomic E-state index is 13.0. The van der Waals surface area contributed by atoms with Crippen molar-refractivity contribution in [3.05, 3.63) is 79.8 Å². The largest absolute Gasteiger partial charge is 0.343 e. The summed E-state index contributed by atoms with van der Waals surface area (Å²) >= 11 is 1.36. The molecule has 1 atom stereocenters. The molecule has 0 spiro atoms. The summed E-state index contributed by atoms with van der Waals surface area (Å²) in [5, 5.41) is 14.7. The van der Waals surface area contributed by atoms with Crippen LogP contribution in [0, 0.1) is 10.1 Å². The lowest BCUT2D eigenvalue weighted by Gasteiger charge is -2.32. The van der Waals surface area contributed by atoms with E-state index in [9.17, 15) is 19.7 Å². The topological polar surface area (TPSA) is 118 Å². The standard InChI is InChI=1S/C20H18N4O4S/c1-2-10-29-20-22-18-17(19(26)23-20)15(11-6-8-12(9-7-11)24(27)28)16-13(21-18)4-3-5-14(16)25/h2,6-9,15H,1,3-5,10H2,(H2,21,22,23,26)/t15-/m0/s1. The van der Waals surface area contributed by atoms with E-state index in [1.807, 2.05) is 0 Å². The Morgan fingerprint density at radius 1 is 1.28 bits per heavy atom. The van der Waals surface area contributed by atoms with Crippen LogP contribution in [0.4, 0.5) is 11.5 Å². The highest BCUT2D eigenvalue weighted by molar-refractivity contribution is 7.99. The van der Waals surface area contributed by atoms with Crippen LogP contribution in [0.1, 0.15) is 36.3 Å². The van der Waals surface area contributed by atoms with Gasteiger partial charge in [0.05, 0.1) is 10.5 Å². The van der Waals surface area contributed by atoms with E-state index in [-0.39, 0.29) is 17.0 Å². The predicted octanol–water partition coefficient (Wildman–Crippen LogP) is 3.52. The number of nitro benzene ring substituents is 1. The number of ketones is 1. The van der Waals surface area contributed by atoms with Crippen LogP contribution >= 0.6 is 11.8 Å². The molecular formula is C20H18N4O4S. The minimum Gasteiger partial charge on any atom is -0.343 e. The Balaban J connectivity index is 1.88. The third-order valence-corrected chi connectivity index (χ3v) is 5.88. The van der Waals surface area contributed by atoms with Crippen LogP contribution in [0.2, 0.25) is 0 Å². The summed E-state index contributed by atoms with van der Waals surface area (Å²) in [5.41, 5.74) is 1.96. The highest BCUT2D eigenvalue weighted by Crippen LogP contribution is 2.43. The molecule has 2 heterocycles. The van der Waals surface area contributed by atoms with E-state index >= 15 is 0 Å². The second-order valence-corrected chi connectivity index (χ2v) is 7.82. The molecule has 2 N–H and O–H groups in total. The molecule has 148 valence electrons. The number of thioether (sulfide) groups is 1. The number of carbonyl (C=O) groups is 1. The smallest absolute Gasteiger partial charge is 0.269 e. The molecule has 0 saturated heterocycles. The first-order valence-corrected chi connectivity index (χ1v) is 10.1. The van der Waals surface area contributed by atoms with Crippen LogP contribution in [0.25, 0.3) is 0 Å². The Bertz CT molecular complexity index is 1100. The third kappa shape index (κ3) is 3.49. The highest BCUT2D eigenvalue weighted by atomic mass is 32.2. The summed E-state index contributed by atoms with van der Waals surface area (Å²) in [6.07, 6.45) is 3.55. The van der Waals surface area contributed by atoms with Gasteiger partial charge in [0.25, 0.3) is 11.2 Å². The molecule has 1 aromatic heterocycles. The lowest BCUT2D eigenvalue weighted by Crippen LogP contribution is -2.32. The first kappa shape index (κ1) is 19.1. The molecule has 1 aromatic carbocycles. The lowest BCUT2D eigenvalue weighted by molar-refractivity contribution is -0.384. The SMILES string of the molecule is C=CCSc1nc2c(c(=O)[nH]1)[C@@H](c1ccc([N+](=O)[O-])cc1)C1=C(CCCC1=O)N2. The number of nitro groups is 1. The summed E-state index contributed by atoms with van der Waals surface area (Å²) in [6.45, 7) is 3.67. The quantitative estimate of drug-likeness (QED) is 0.254. The number of non-ortho nitro benzene ring substituents is 1. The highest BCUT2D eigenvalue weighted by Gasteiger charge is 2.37. The zero-order chi connectivity index (χ0) is 20.5. The second kappa shape index (κ2) is 7.67. The van der Waals surface area contributed by atoms with E-state index in [2.05, 4.69) is 21.9 Å². The monoisotopic (exact) mass is 410 g/mol. The molecule has 0 radical (unpaired) electrons. The van der Waals surface area contributed by atoms with Gasteiger partial charge in [-0.1, -0.05) is 30.0 Å². The van der Waals surface area contributed by atoms with Gasteiger partial charge in [0, 0.05) is 41.5 Å². The van der Waals surface area contributed by atoms with Gasteiger partial charge in [-0.05, 0) is 18.4 Å². The van der Waals surface area contributed by atoms with Crippen molar-refractivity contribution < 1.29 is 9.72 Å². The van der Waals surface area contributed by atoms with Crippen LogP contribution in [0.5, 0.6) is 0 Å². The summed E-state index contributed by atoms with van der Waals surface area (Å²) in [6, 6.07) is 5.98. The zero-order valence-electron chi connectivity index (χ0n) is 15.4. The van der Waals surface area contributed by atoms with Crippen molar-refractivity contribution in [3.8, 4) is 0 Å². The van der Waals surface area contributed by atoms with E-state index in [1.54, 1.807) is 18.2 Å². The lowest BCUT2D eigenvalue weighted by atomic mass is 9.76. The van der Waals surface area contributed by atoms with Crippen molar-refractivity contribution in [2.75, 3.05) is 11.1 Å². The van der Waals surface area contributed by atoms with Crippen LogP contribution < -0.4 is 10.9 Å². The number of hydrogen-bond acceptors (Lipinski definition) is 7. The first-order valence-electron chi connectivity index (χ1n) is 9.15. The van der Waals surface area contributed by atoms with Gasteiger partial charge < -0.3 is 10.3 Å². The Labute approximate surface area is 170 Å². The van der Waals surface area contributed by atoms with Gasteiger partial charge in [0.15, 0.2) is 10.9 Å². The van der Waals surface area contributed by atoms with Gasteiger partial charge in [-0.3, -0.25) is 19.7 Å². The van der Waals surface area contributed by atoms with Gasteiger partial charge in [-0.25, -0.2) is 4.98 Å². The number of aromatic nitrogens is 2. The summed E-state index contributed by atoms with van der Waals surface area (Å²) < 4.78 is 0. The molecule has 0 bridgehead atoms. The molecule has 29 heavy (non-hydrogen) atoms. The number of nitrogens with zero attached hydrogens (tertiary/aromatic N) is 2. The number of Topliss-reactive ketones (excluding diaryl/α,β-unsaturated/α-hetero) is 1. The van der Waals surface area contributed by atoms with E-state index in [1.165, 1.54) is 23.9 Å². The number of hydrogen-bond donors (Lipinski definition) is 2. The number of anilines is 1. The number of carbonyl (C=O) groups excluding carboxylic acids is 1. The minimum absolute atomic E-state index is 0.0164. The molecule has 9 heteroatoms. The van der Waals surface area contributed by atoms with E-state index in [0.29, 0.717) is 46.3 Å². The van der Waals surface area contributed by atoms with Gasteiger partial charge in [0.2, 0.25) is 0 Å². The Morgan fingerprint density at radius 2 is 2.03 bits per heavy atom. The van der Waals surface area contributed by atoms with Crippen molar-refractivity contribution in [3.63, 3.8) is 0 Å². The number of fused-ring (bicyclic) bond motifs is 1. The van der Waals surface area contributed by atoms with E-state index in [0.717, 1.165) is 12.1 Å². The first-order chi connectivity index (χ1) is 14.0. The fourth-order valence-corrected chi connectivity index (χ4v) is 4.36. The van der Waals surface area contributed by atoms with Crippen LogP contribution in [0.3, 0.4) is 0 Å². The number of H-pyrrole nitrogens is 1. The number of nitrogens with one attached hydrogen (secondary N) is 2. The average Bonchev–Trinajstić information content (AvgIpc) is 2.71. The molecule has 1 aliphatic carbocycles. The van der Waals surface area contributed by atoms with E-state index in [4.69, 9.17) is 0 Å². The molecule has 1 aliphatic heterocycles. The molecule has 4 rings (SSSR count). The maximum atomic E-state index is 13.0. The third-order valence-electron chi connectivity index (χ3n) is 5.01. The molecular weight excluding hydrogens is 392 g/mol. The van der Waals surface area contributed by atoms with Crippen molar-refractivity contribution >= 4 is 29.1 Å². The van der Waals surface area contributed by atoms with Crippen molar-refractivity contribution in [1.29, 1.82) is 0 Å². The molecule has 0 amide bonds. The van der Waals surface area contributed by atoms with Crippen molar-refractivity contribution in [1.82, 2.24) is 9.97 Å². The number of rotatable bonds is 5. The summed E-state index contributed by atoms with van der Waals surface area (Å²) in [5.74, 6) is 0.402. The zero-order valence-corrected chi connectivity index (χ0v) is 16.3. The summed E-state index contributed by atoms with van der Waals surface area (Å²) in [7, 11) is 0.